The molecule has 0 unspecified atom stereocenters. The first-order chi connectivity index (χ1) is 7.47. The van der Waals surface area contributed by atoms with Gasteiger partial charge in [0.2, 0.25) is 0 Å². The predicted octanol–water partition coefficient (Wildman–Crippen LogP) is 2.60. The monoisotopic (exact) mass is 223 g/mol. The average molecular weight is 223 g/mol. The van der Waals surface area contributed by atoms with Crippen molar-refractivity contribution in [2.75, 3.05) is 18.9 Å². The molecule has 0 amide bonds. The van der Waals surface area contributed by atoms with E-state index < -0.39 is 0 Å². The van der Waals surface area contributed by atoms with Crippen LogP contribution in [-0.4, -0.2) is 18.8 Å². The number of hydrogen-bond acceptors (Lipinski definition) is 3. The number of nitrogens with two attached hydrogens (primary N) is 1. The van der Waals surface area contributed by atoms with Gasteiger partial charge in [-0.25, -0.2) is 0 Å². The van der Waals surface area contributed by atoms with Crippen LogP contribution in [0.3, 0.4) is 0 Å². The van der Waals surface area contributed by atoms with Crippen LogP contribution < -0.4 is 5.73 Å². The number of hydrogen-bond donors (Lipinski definition) is 1. The standard InChI is InChI=1S/C13H21NO2/c1-13(2,3)16-9-8-15-10-11-4-6-12(14)7-5-11/h4-7H,8-10,14H2,1-3H3. The maximum absolute atomic E-state index is 5.59. The summed E-state index contributed by atoms with van der Waals surface area (Å²) in [6.07, 6.45) is 0. The van der Waals surface area contributed by atoms with Crippen LogP contribution in [0.15, 0.2) is 24.3 Å². The molecule has 0 aliphatic carbocycles. The molecule has 90 valence electrons. The lowest BCUT2D eigenvalue weighted by atomic mass is 10.2. The fourth-order valence-electron chi connectivity index (χ4n) is 1.21. The molecule has 0 spiro atoms. The second-order valence-corrected chi connectivity index (χ2v) is 4.76. The van der Waals surface area contributed by atoms with Crippen LogP contribution in [0.2, 0.25) is 0 Å². The lowest BCUT2D eigenvalue weighted by molar-refractivity contribution is -0.0376. The van der Waals surface area contributed by atoms with Gasteiger partial charge in [0.15, 0.2) is 0 Å². The number of nitrogen functional groups attached to an aromatic ring is 1. The Morgan fingerprint density at radius 3 is 2.25 bits per heavy atom. The molecule has 0 heterocycles. The highest BCUT2D eigenvalue weighted by Crippen LogP contribution is 2.08. The van der Waals surface area contributed by atoms with Gasteiger partial charge in [-0.1, -0.05) is 12.1 Å². The third-order valence-electron chi connectivity index (χ3n) is 2.01. The van der Waals surface area contributed by atoms with Gasteiger partial charge in [0.05, 0.1) is 25.4 Å². The van der Waals surface area contributed by atoms with Crippen molar-refractivity contribution in [1.29, 1.82) is 0 Å². The number of anilines is 1. The number of ether oxygens (including phenoxy) is 2. The molecule has 0 saturated carbocycles. The molecular weight excluding hydrogens is 202 g/mol. The molecule has 0 bridgehead atoms. The van der Waals surface area contributed by atoms with Crippen LogP contribution in [0, 0.1) is 0 Å². The summed E-state index contributed by atoms with van der Waals surface area (Å²) in [6, 6.07) is 7.70. The van der Waals surface area contributed by atoms with Crippen molar-refractivity contribution >= 4 is 5.69 Å². The van der Waals surface area contributed by atoms with Gasteiger partial charge in [0, 0.05) is 5.69 Å². The van der Waals surface area contributed by atoms with Gasteiger partial charge in [0.1, 0.15) is 0 Å². The van der Waals surface area contributed by atoms with E-state index in [9.17, 15) is 0 Å². The normalized spacial score (nSPS) is 11.7. The van der Waals surface area contributed by atoms with E-state index >= 15 is 0 Å². The quantitative estimate of drug-likeness (QED) is 0.616. The molecule has 0 fully saturated rings. The minimum absolute atomic E-state index is 0.0927. The van der Waals surface area contributed by atoms with E-state index in [1.165, 1.54) is 0 Å². The Bertz CT molecular complexity index is 301. The Morgan fingerprint density at radius 1 is 1.06 bits per heavy atom. The van der Waals surface area contributed by atoms with Gasteiger partial charge >= 0.3 is 0 Å². The number of rotatable bonds is 5. The van der Waals surface area contributed by atoms with Crippen LogP contribution >= 0.6 is 0 Å². The molecule has 0 aliphatic rings. The second-order valence-electron chi connectivity index (χ2n) is 4.76. The summed E-state index contributed by atoms with van der Waals surface area (Å²) in [5.74, 6) is 0. The van der Waals surface area contributed by atoms with Gasteiger partial charge in [-0.15, -0.1) is 0 Å². The third kappa shape index (κ3) is 5.73. The second kappa shape index (κ2) is 5.87. The Balaban J connectivity index is 2.14. The molecule has 2 N–H and O–H groups in total. The first kappa shape index (κ1) is 13.0. The minimum Gasteiger partial charge on any atom is -0.399 e. The van der Waals surface area contributed by atoms with Gasteiger partial charge in [0.25, 0.3) is 0 Å². The molecular formula is C13H21NO2. The van der Waals surface area contributed by atoms with Crippen molar-refractivity contribution in [2.45, 2.75) is 33.0 Å². The van der Waals surface area contributed by atoms with E-state index in [1.54, 1.807) is 0 Å². The zero-order chi connectivity index (χ0) is 12.0. The highest BCUT2D eigenvalue weighted by molar-refractivity contribution is 5.39. The topological polar surface area (TPSA) is 44.5 Å². The van der Waals surface area contributed by atoms with E-state index in [2.05, 4.69) is 0 Å². The first-order valence-corrected chi connectivity index (χ1v) is 5.53. The maximum atomic E-state index is 5.59. The van der Waals surface area contributed by atoms with Crippen molar-refractivity contribution in [3.8, 4) is 0 Å². The average Bonchev–Trinajstić information content (AvgIpc) is 2.19. The summed E-state index contributed by atoms with van der Waals surface area (Å²) < 4.78 is 11.0. The molecule has 0 radical (unpaired) electrons. The summed E-state index contributed by atoms with van der Waals surface area (Å²) in [5.41, 5.74) is 7.40. The van der Waals surface area contributed by atoms with E-state index in [0.717, 1.165) is 11.3 Å². The van der Waals surface area contributed by atoms with E-state index in [1.807, 2.05) is 45.0 Å². The molecule has 0 aliphatic heterocycles. The molecule has 3 heteroatoms. The van der Waals surface area contributed by atoms with Crippen LogP contribution in [-0.2, 0) is 16.1 Å². The minimum atomic E-state index is -0.0927. The number of benzene rings is 1. The summed E-state index contributed by atoms with van der Waals surface area (Å²) >= 11 is 0. The Labute approximate surface area is 97.6 Å². The molecule has 1 aromatic rings. The van der Waals surface area contributed by atoms with Crippen molar-refractivity contribution < 1.29 is 9.47 Å². The lowest BCUT2D eigenvalue weighted by Crippen LogP contribution is -2.21. The lowest BCUT2D eigenvalue weighted by Gasteiger charge is -2.19. The molecule has 0 aromatic heterocycles. The molecule has 3 nitrogen and oxygen atoms in total. The Morgan fingerprint density at radius 2 is 1.69 bits per heavy atom. The fourth-order valence-corrected chi connectivity index (χ4v) is 1.21. The van der Waals surface area contributed by atoms with Gasteiger partial charge in [-0.3, -0.25) is 0 Å². The van der Waals surface area contributed by atoms with Gasteiger partial charge in [-0.2, -0.15) is 0 Å². The first-order valence-electron chi connectivity index (χ1n) is 5.53. The van der Waals surface area contributed by atoms with Crippen molar-refractivity contribution in [1.82, 2.24) is 0 Å². The van der Waals surface area contributed by atoms with Crippen LogP contribution in [0.25, 0.3) is 0 Å². The Kier molecular flexibility index (Phi) is 4.77. The largest absolute Gasteiger partial charge is 0.399 e. The summed E-state index contributed by atoms with van der Waals surface area (Å²) in [5, 5.41) is 0. The van der Waals surface area contributed by atoms with E-state index in [0.29, 0.717) is 19.8 Å². The summed E-state index contributed by atoms with van der Waals surface area (Å²) in [4.78, 5) is 0. The molecule has 0 saturated heterocycles. The van der Waals surface area contributed by atoms with Crippen molar-refractivity contribution in [2.24, 2.45) is 0 Å². The molecule has 1 rings (SSSR count). The zero-order valence-electron chi connectivity index (χ0n) is 10.3. The fraction of sp³-hybridized carbons (Fsp3) is 0.538. The summed E-state index contributed by atoms with van der Waals surface area (Å²) in [6.45, 7) is 7.95. The smallest absolute Gasteiger partial charge is 0.0718 e. The highest BCUT2D eigenvalue weighted by atomic mass is 16.5. The van der Waals surface area contributed by atoms with Crippen molar-refractivity contribution in [3.05, 3.63) is 29.8 Å². The van der Waals surface area contributed by atoms with Gasteiger partial charge in [-0.05, 0) is 38.5 Å². The maximum Gasteiger partial charge on any atom is 0.0718 e. The van der Waals surface area contributed by atoms with Gasteiger partial charge < -0.3 is 15.2 Å². The molecule has 1 aromatic carbocycles. The SMILES string of the molecule is CC(C)(C)OCCOCc1ccc(N)cc1. The predicted molar refractivity (Wildman–Crippen MR) is 66.2 cm³/mol. The van der Waals surface area contributed by atoms with E-state index in [4.69, 9.17) is 15.2 Å². The third-order valence-corrected chi connectivity index (χ3v) is 2.01. The van der Waals surface area contributed by atoms with Crippen LogP contribution in [0.4, 0.5) is 5.69 Å². The Hall–Kier alpha value is -1.06. The zero-order valence-corrected chi connectivity index (χ0v) is 10.3. The molecule has 16 heavy (non-hydrogen) atoms. The molecule has 0 atom stereocenters. The summed E-state index contributed by atoms with van der Waals surface area (Å²) in [7, 11) is 0. The van der Waals surface area contributed by atoms with E-state index in [-0.39, 0.29) is 5.60 Å². The van der Waals surface area contributed by atoms with Crippen LogP contribution in [0.5, 0.6) is 0 Å². The van der Waals surface area contributed by atoms with Crippen molar-refractivity contribution in [3.63, 3.8) is 0 Å². The highest BCUT2D eigenvalue weighted by Gasteiger charge is 2.08. The van der Waals surface area contributed by atoms with Crippen LogP contribution in [0.1, 0.15) is 26.3 Å².